The predicted octanol–water partition coefficient (Wildman–Crippen LogP) is 5.89. The molecule has 0 saturated heterocycles. The molecule has 60 heavy (non-hydrogen) atoms. The van der Waals surface area contributed by atoms with Crippen LogP contribution in [0.25, 0.3) is 44.1 Å². The zero-order chi connectivity index (χ0) is 43.5. The first-order chi connectivity index (χ1) is 28.4. The molecule has 18 heteroatoms. The number of nitrogens with one attached hydrogen (secondary N) is 2. The van der Waals surface area contributed by atoms with Crippen molar-refractivity contribution in [3.63, 3.8) is 0 Å². The predicted molar refractivity (Wildman–Crippen MR) is 207 cm³/mol. The Kier molecular flexibility index (Phi) is 12.2. The van der Waals surface area contributed by atoms with E-state index in [-0.39, 0.29) is 22.7 Å². The number of alkyl halides is 6. The Labute approximate surface area is 334 Å². The summed E-state index contributed by atoms with van der Waals surface area (Å²) in [5.41, 5.74) is 5.22. The molecule has 0 saturated carbocycles. The Morgan fingerprint density at radius 3 is 1.07 bits per heavy atom. The Hall–Kier alpha value is -6.92. The van der Waals surface area contributed by atoms with Crippen molar-refractivity contribution in [2.24, 2.45) is 0 Å². The number of carbonyl (C=O) groups excluding carboxylic acids is 2. The van der Waals surface area contributed by atoms with E-state index in [0.717, 1.165) is 11.1 Å². The summed E-state index contributed by atoms with van der Waals surface area (Å²) in [6, 6.07) is 29.6. The monoisotopic (exact) mass is 834 g/mol. The van der Waals surface area contributed by atoms with Crippen molar-refractivity contribution in [2.45, 2.75) is 25.4 Å². The molecule has 0 atom stereocenters. The number of ketones is 2. The molecule has 0 unspecified atom stereocenters. The number of fused-ring (bicyclic) bond motifs is 10. The number of pyridine rings is 2. The van der Waals surface area contributed by atoms with Crippen LogP contribution >= 0.6 is 0 Å². The molecule has 4 aromatic carbocycles. The third kappa shape index (κ3) is 8.32. The fraction of sp³-hybridized carbons (Fsp3) is 0.190. The molecule has 2 aromatic heterocycles. The Bertz CT molecular complexity index is 2620. The number of halogens is 6. The molecule has 2 heterocycles. The highest BCUT2D eigenvalue weighted by Gasteiger charge is 2.39. The van der Waals surface area contributed by atoms with Gasteiger partial charge in [-0.15, -0.1) is 0 Å². The van der Waals surface area contributed by atoms with E-state index in [9.17, 15) is 45.5 Å². The smallest absolute Gasteiger partial charge is 0.475 e. The number of nitrogens with zero attached hydrogens (tertiary/aromatic N) is 2. The van der Waals surface area contributed by atoms with Crippen molar-refractivity contribution in [3.8, 4) is 22.5 Å². The van der Waals surface area contributed by atoms with E-state index >= 15 is 0 Å². The molecule has 0 amide bonds. The van der Waals surface area contributed by atoms with Gasteiger partial charge in [-0.1, -0.05) is 84.9 Å². The quantitative estimate of drug-likeness (QED) is 0.101. The van der Waals surface area contributed by atoms with Gasteiger partial charge in [0.25, 0.3) is 11.1 Å². The second-order valence-electron chi connectivity index (χ2n) is 13.3. The molecule has 0 radical (unpaired) electrons. The summed E-state index contributed by atoms with van der Waals surface area (Å²) < 4.78 is 66.9. The van der Waals surface area contributed by atoms with Crippen molar-refractivity contribution >= 4 is 45.0 Å². The SMILES string of the molecule is O=C(O)C(F)(F)F.O=C(O)C(F)(F)F.O=C1c2ccccc2-c2c1c1ccccc1c(=O)n2CCNCCNCCn1c2c(c3ccccc3c1=O)C(=O)c1ccccc1-2. The van der Waals surface area contributed by atoms with Crippen LogP contribution in [0.4, 0.5) is 26.3 Å². The van der Waals surface area contributed by atoms with E-state index in [4.69, 9.17) is 19.8 Å². The molecule has 4 N–H and O–H groups in total. The molecule has 0 spiro atoms. The number of aliphatic carboxylic acids is 2. The fourth-order valence-corrected chi connectivity index (χ4v) is 7.09. The molecule has 6 aromatic rings. The van der Waals surface area contributed by atoms with Gasteiger partial charge in [-0.05, 0) is 12.1 Å². The maximum atomic E-state index is 13.6. The molecule has 2 aliphatic carbocycles. The zero-order valence-electron chi connectivity index (χ0n) is 31.0. The Balaban J connectivity index is 0.000000373. The summed E-state index contributed by atoms with van der Waals surface area (Å²) in [7, 11) is 0. The number of hydrogen-bond donors (Lipinski definition) is 4. The van der Waals surface area contributed by atoms with Crippen molar-refractivity contribution < 1.29 is 55.7 Å². The van der Waals surface area contributed by atoms with Crippen LogP contribution in [-0.2, 0) is 22.7 Å². The van der Waals surface area contributed by atoms with Crippen LogP contribution in [0.1, 0.15) is 31.8 Å². The third-order valence-corrected chi connectivity index (χ3v) is 9.65. The molecule has 0 fully saturated rings. The second kappa shape index (κ2) is 17.1. The first-order valence-corrected chi connectivity index (χ1v) is 18.1. The van der Waals surface area contributed by atoms with Crippen LogP contribution in [-0.4, -0.2) is 81.4 Å². The van der Waals surface area contributed by atoms with Crippen molar-refractivity contribution in [2.75, 3.05) is 26.2 Å². The lowest BCUT2D eigenvalue weighted by Crippen LogP contribution is -2.34. The third-order valence-electron chi connectivity index (χ3n) is 9.65. The highest BCUT2D eigenvalue weighted by atomic mass is 19.4. The summed E-state index contributed by atoms with van der Waals surface area (Å²) in [6.45, 7) is 3.20. The maximum Gasteiger partial charge on any atom is 0.490 e. The lowest BCUT2D eigenvalue weighted by atomic mass is 10.0. The van der Waals surface area contributed by atoms with E-state index < -0.39 is 24.3 Å². The summed E-state index contributed by atoms with van der Waals surface area (Å²) in [5, 5.41) is 23.6. The first-order valence-electron chi connectivity index (χ1n) is 18.1. The van der Waals surface area contributed by atoms with Gasteiger partial charge in [-0.3, -0.25) is 19.2 Å². The summed E-state index contributed by atoms with van der Waals surface area (Å²) in [6.07, 6.45) is -10.2. The Morgan fingerprint density at radius 2 is 0.750 bits per heavy atom. The van der Waals surface area contributed by atoms with Crippen LogP contribution in [0.15, 0.2) is 107 Å². The largest absolute Gasteiger partial charge is 0.490 e. The lowest BCUT2D eigenvalue weighted by molar-refractivity contribution is -0.193. The molecule has 0 aliphatic heterocycles. The highest BCUT2D eigenvalue weighted by molar-refractivity contribution is 6.27. The first kappa shape index (κ1) is 42.7. The van der Waals surface area contributed by atoms with Crippen LogP contribution in [0.5, 0.6) is 0 Å². The fourth-order valence-electron chi connectivity index (χ4n) is 7.09. The normalized spacial score (nSPS) is 12.5. The minimum Gasteiger partial charge on any atom is -0.475 e. The summed E-state index contributed by atoms with van der Waals surface area (Å²) >= 11 is 0. The minimum absolute atomic E-state index is 0.0447. The van der Waals surface area contributed by atoms with Crippen LogP contribution in [0.3, 0.4) is 0 Å². The number of aromatic nitrogens is 2. The number of benzene rings is 4. The molecule has 310 valence electrons. The molecular formula is C42H32F6N4O8. The number of rotatable bonds is 9. The van der Waals surface area contributed by atoms with Gasteiger partial charge < -0.3 is 30.0 Å². The molecule has 12 nitrogen and oxygen atoms in total. The average molecular weight is 835 g/mol. The van der Waals surface area contributed by atoms with Gasteiger partial charge in [0.05, 0.1) is 22.5 Å². The number of hydrogen-bond acceptors (Lipinski definition) is 8. The van der Waals surface area contributed by atoms with Gasteiger partial charge in [0.15, 0.2) is 11.6 Å². The van der Waals surface area contributed by atoms with E-state index in [2.05, 4.69) is 10.6 Å². The van der Waals surface area contributed by atoms with Crippen LogP contribution in [0.2, 0.25) is 0 Å². The van der Waals surface area contributed by atoms with Gasteiger partial charge in [0.1, 0.15) is 0 Å². The minimum atomic E-state index is -5.08. The zero-order valence-corrected chi connectivity index (χ0v) is 31.0. The van der Waals surface area contributed by atoms with Crippen LogP contribution in [0, 0.1) is 0 Å². The van der Waals surface area contributed by atoms with Gasteiger partial charge in [0, 0.05) is 83.1 Å². The lowest BCUT2D eigenvalue weighted by Gasteiger charge is -2.16. The van der Waals surface area contributed by atoms with E-state index in [1.807, 2.05) is 84.9 Å². The van der Waals surface area contributed by atoms with Gasteiger partial charge >= 0.3 is 24.3 Å². The standard InChI is InChI=1S/C38H30N4O4.2C2HF3O2/c43-35-27-13-5-3-11-25(27)33-31(35)23-9-1-7-15-29(23)37(45)41(33)21-19-39-17-18-40-20-22-42-34-26-12-4-6-14-28(26)36(44)32(34)24-10-2-8-16-30(24)38(42)46;2*3-2(4,5)1(6)7/h1-16,39-40H,17-22H2;2*(H,6,7). The van der Waals surface area contributed by atoms with E-state index in [0.29, 0.717) is 94.5 Å². The highest BCUT2D eigenvalue weighted by Crippen LogP contribution is 2.40. The van der Waals surface area contributed by atoms with Gasteiger partial charge in [-0.25, -0.2) is 9.59 Å². The number of carboxylic acid groups (broad SMARTS) is 2. The van der Waals surface area contributed by atoms with Crippen LogP contribution < -0.4 is 21.8 Å². The van der Waals surface area contributed by atoms with Crippen molar-refractivity contribution in [1.29, 1.82) is 0 Å². The van der Waals surface area contributed by atoms with E-state index in [1.54, 1.807) is 21.3 Å². The number of carbonyl (C=O) groups is 4. The Morgan fingerprint density at radius 1 is 0.467 bits per heavy atom. The summed E-state index contributed by atoms with van der Waals surface area (Å²) in [5.74, 6) is -5.60. The summed E-state index contributed by atoms with van der Waals surface area (Å²) in [4.78, 5) is 71.8. The molecule has 8 rings (SSSR count). The maximum absolute atomic E-state index is 13.6. The average Bonchev–Trinajstić information content (AvgIpc) is 3.68. The molecule has 2 aliphatic rings. The topological polar surface area (TPSA) is 177 Å². The molecular weight excluding hydrogens is 802 g/mol. The molecule has 0 bridgehead atoms. The van der Waals surface area contributed by atoms with Crippen molar-refractivity contribution in [1.82, 2.24) is 19.8 Å². The van der Waals surface area contributed by atoms with Crippen molar-refractivity contribution in [3.05, 3.63) is 140 Å². The number of carboxylic acids is 2. The van der Waals surface area contributed by atoms with Gasteiger partial charge in [0.2, 0.25) is 0 Å². The van der Waals surface area contributed by atoms with E-state index in [1.165, 1.54) is 0 Å². The van der Waals surface area contributed by atoms with Gasteiger partial charge in [-0.2, -0.15) is 26.3 Å². The second-order valence-corrected chi connectivity index (χ2v) is 13.3.